The molecule has 0 saturated heterocycles. The number of phosphoric acid groups is 1. The molecule has 7 heteroatoms. The molecule has 0 saturated carbocycles. The van der Waals surface area contributed by atoms with E-state index in [9.17, 15) is 0 Å². The summed E-state index contributed by atoms with van der Waals surface area (Å²) >= 11 is 0. The van der Waals surface area contributed by atoms with Crippen molar-refractivity contribution < 1.29 is 36.3 Å². The molecule has 0 spiro atoms. The summed E-state index contributed by atoms with van der Waals surface area (Å²) in [7, 11) is -5.39. The van der Waals surface area contributed by atoms with Crippen LogP contribution in [0, 0.1) is 0 Å². The fourth-order valence-corrected chi connectivity index (χ4v) is 0. The summed E-state index contributed by atoms with van der Waals surface area (Å²) in [6.45, 7) is 0. The predicted octanol–water partition coefficient (Wildman–Crippen LogP) is -3.21. The van der Waals surface area contributed by atoms with Gasteiger partial charge >= 0.3 is 34.4 Å². The largest absolute Gasteiger partial charge is 3.00 e. The van der Waals surface area contributed by atoms with Crippen molar-refractivity contribution in [1.29, 1.82) is 0 Å². The van der Waals surface area contributed by atoms with Crippen molar-refractivity contribution in [2.75, 3.05) is 0 Å². The van der Waals surface area contributed by atoms with Crippen LogP contribution in [0.2, 0.25) is 0 Å². The molecular weight excluding hydrogens is 177 g/mol. The third kappa shape index (κ3) is 141. The minimum absolute atomic E-state index is 0. The predicted molar refractivity (Wildman–Crippen MR) is 13.4 cm³/mol. The zero-order chi connectivity index (χ0) is 4.50. The van der Waals surface area contributed by atoms with Gasteiger partial charge in [0.1, 0.15) is 0 Å². The van der Waals surface area contributed by atoms with Crippen molar-refractivity contribution in [3.05, 3.63) is 0 Å². The van der Waals surface area contributed by atoms with Crippen molar-refractivity contribution >= 4 is 25.2 Å². The Hall–Kier alpha value is 1.16. The van der Waals surface area contributed by atoms with Crippen molar-refractivity contribution in [3.8, 4) is 0 Å². The van der Waals surface area contributed by atoms with Gasteiger partial charge in [0.05, 0.1) is 0 Å². The molecule has 0 aromatic rings. The van der Waals surface area contributed by atoms with Gasteiger partial charge < -0.3 is 19.2 Å². The Balaban J connectivity index is -0.0000000800. The van der Waals surface area contributed by atoms with E-state index in [0.717, 1.165) is 0 Å². The minimum atomic E-state index is -5.39. The maximum Gasteiger partial charge on any atom is 3.00 e. The monoisotopic (exact) mass is 177 g/mol. The molecular formula is AlMnO4P+2. The number of rotatable bonds is 0. The smallest absolute Gasteiger partial charge is 0.822 e. The first-order valence-corrected chi connectivity index (χ1v) is 2.19. The first-order valence-electron chi connectivity index (χ1n) is 0.730. The quantitative estimate of drug-likeness (QED) is 0.288. The Morgan fingerprint density at radius 2 is 1.14 bits per heavy atom. The summed E-state index contributed by atoms with van der Waals surface area (Å²) in [5.41, 5.74) is 0. The van der Waals surface area contributed by atoms with Crippen LogP contribution in [0.4, 0.5) is 0 Å². The molecule has 0 aliphatic rings. The molecule has 0 aliphatic carbocycles. The van der Waals surface area contributed by atoms with E-state index in [2.05, 4.69) is 0 Å². The van der Waals surface area contributed by atoms with E-state index in [4.69, 9.17) is 19.2 Å². The Labute approximate surface area is 61.8 Å². The average molecular weight is 177 g/mol. The normalized spacial score (nSPS) is 8.43. The Bertz CT molecular complexity index is 57.8. The van der Waals surface area contributed by atoms with Gasteiger partial charge in [0.15, 0.2) is 0 Å². The maximum atomic E-state index is 8.55. The van der Waals surface area contributed by atoms with E-state index in [-0.39, 0.29) is 34.4 Å². The van der Waals surface area contributed by atoms with Crippen LogP contribution in [0.1, 0.15) is 0 Å². The molecule has 0 amide bonds. The summed E-state index contributed by atoms with van der Waals surface area (Å²) in [5, 5.41) is 0. The summed E-state index contributed by atoms with van der Waals surface area (Å²) in [6, 6.07) is 0. The van der Waals surface area contributed by atoms with E-state index < -0.39 is 7.82 Å². The third-order valence-corrected chi connectivity index (χ3v) is 0. The van der Waals surface area contributed by atoms with Gasteiger partial charge in [0.25, 0.3) is 0 Å². The summed E-state index contributed by atoms with van der Waals surface area (Å²) in [4.78, 5) is 25.6. The topological polar surface area (TPSA) is 86.2 Å². The second kappa shape index (κ2) is 5.30. The van der Waals surface area contributed by atoms with Gasteiger partial charge in [-0.2, -0.15) is 7.82 Å². The van der Waals surface area contributed by atoms with Gasteiger partial charge in [-0.1, -0.05) is 0 Å². The van der Waals surface area contributed by atoms with Gasteiger partial charge in [0.2, 0.25) is 0 Å². The molecule has 0 heterocycles. The van der Waals surface area contributed by atoms with Crippen LogP contribution in [0.25, 0.3) is 0 Å². The van der Waals surface area contributed by atoms with Crippen LogP contribution in [-0.4, -0.2) is 17.4 Å². The fourth-order valence-electron chi connectivity index (χ4n) is 0. The standard InChI is InChI=1S/Al.Mn.H3O4P/c;;1-5(2,3)4/h;;(H3,1,2,3,4)/q+3;+2;/p-3. The molecule has 0 fully saturated rings. The van der Waals surface area contributed by atoms with Crippen LogP contribution in [0.15, 0.2) is 0 Å². The zero-order valence-electron chi connectivity index (χ0n) is 3.04. The molecule has 0 unspecified atom stereocenters. The van der Waals surface area contributed by atoms with Crippen LogP contribution in [0.5, 0.6) is 0 Å². The number of hydrogen-bond acceptors (Lipinski definition) is 4. The zero-order valence-corrected chi connectivity index (χ0v) is 6.27. The molecule has 37 valence electrons. The molecule has 7 heavy (non-hydrogen) atoms. The average Bonchev–Trinajstić information content (AvgIpc) is 0.722. The molecule has 0 N–H and O–H groups in total. The minimum Gasteiger partial charge on any atom is -0.822 e. The Morgan fingerprint density at radius 3 is 1.14 bits per heavy atom. The van der Waals surface area contributed by atoms with Crippen LogP contribution in [0.3, 0.4) is 0 Å². The van der Waals surface area contributed by atoms with E-state index in [0.29, 0.717) is 0 Å². The van der Waals surface area contributed by atoms with Gasteiger partial charge in [-0.15, -0.1) is 0 Å². The SMILES string of the molecule is O=P([O-])([O-])[O-].[Al+3].[Mn+2]. The van der Waals surface area contributed by atoms with E-state index in [1.165, 1.54) is 0 Å². The maximum absolute atomic E-state index is 8.55. The van der Waals surface area contributed by atoms with E-state index in [1.807, 2.05) is 0 Å². The Morgan fingerprint density at radius 1 is 1.14 bits per heavy atom. The van der Waals surface area contributed by atoms with E-state index >= 15 is 0 Å². The van der Waals surface area contributed by atoms with E-state index in [1.54, 1.807) is 0 Å². The summed E-state index contributed by atoms with van der Waals surface area (Å²) in [5.74, 6) is 0. The van der Waals surface area contributed by atoms with Crippen LogP contribution in [-0.2, 0) is 21.6 Å². The number of hydrogen-bond donors (Lipinski definition) is 0. The molecule has 0 aliphatic heterocycles. The van der Waals surface area contributed by atoms with Crippen LogP contribution >= 0.6 is 7.82 Å². The van der Waals surface area contributed by atoms with Crippen molar-refractivity contribution in [1.82, 2.24) is 0 Å². The summed E-state index contributed by atoms with van der Waals surface area (Å²) < 4.78 is 8.55. The molecule has 0 aromatic heterocycles. The first kappa shape index (κ1) is 15.7. The fraction of sp³-hybridized carbons (Fsp3) is 0. The third-order valence-electron chi connectivity index (χ3n) is 0. The second-order valence-electron chi connectivity index (χ2n) is 0.447. The van der Waals surface area contributed by atoms with Gasteiger partial charge in [-0.3, -0.25) is 0 Å². The molecule has 1 radical (unpaired) electrons. The first-order chi connectivity index (χ1) is 2.00. The van der Waals surface area contributed by atoms with Crippen molar-refractivity contribution in [3.63, 3.8) is 0 Å². The van der Waals surface area contributed by atoms with Gasteiger partial charge in [-0.05, 0) is 0 Å². The Kier molecular flexibility index (Phi) is 11.9. The molecule has 4 nitrogen and oxygen atoms in total. The second-order valence-corrected chi connectivity index (χ2v) is 1.34. The van der Waals surface area contributed by atoms with Crippen molar-refractivity contribution in [2.24, 2.45) is 0 Å². The molecule has 0 atom stereocenters. The summed E-state index contributed by atoms with van der Waals surface area (Å²) in [6.07, 6.45) is 0. The molecule has 0 rings (SSSR count). The molecule has 0 aromatic carbocycles. The van der Waals surface area contributed by atoms with Gasteiger partial charge in [0, 0.05) is 0 Å². The van der Waals surface area contributed by atoms with Crippen LogP contribution < -0.4 is 14.7 Å². The van der Waals surface area contributed by atoms with Crippen molar-refractivity contribution in [2.45, 2.75) is 0 Å². The van der Waals surface area contributed by atoms with Gasteiger partial charge in [-0.25, -0.2) is 0 Å². The molecule has 0 bridgehead atoms.